The number of nitrogens with zero attached hydrogens (tertiary/aromatic N) is 1. The van der Waals surface area contributed by atoms with E-state index < -0.39 is 29.5 Å². The molecule has 3 N–H and O–H groups in total. The van der Waals surface area contributed by atoms with Crippen LogP contribution in [0.15, 0.2) is 35.3 Å². The predicted octanol–water partition coefficient (Wildman–Crippen LogP) is 3.32. The molecule has 0 saturated heterocycles. The molecule has 31 heavy (non-hydrogen) atoms. The maximum Gasteiger partial charge on any atom is 0.437 e. The number of rotatable bonds is 5. The molecule has 0 spiro atoms. The molecule has 1 aromatic carbocycles. The predicted molar refractivity (Wildman–Crippen MR) is 116 cm³/mol. The maximum atomic E-state index is 12.0. The molecule has 0 bridgehead atoms. The molecule has 1 rings (SSSR count). The van der Waals surface area contributed by atoms with Crippen molar-refractivity contribution in [3.63, 3.8) is 0 Å². The summed E-state index contributed by atoms with van der Waals surface area (Å²) in [5.74, 6) is -0.164. The molecule has 0 radical (unpaired) electrons. The van der Waals surface area contributed by atoms with E-state index in [1.807, 2.05) is 30.3 Å². The van der Waals surface area contributed by atoms with Crippen molar-refractivity contribution in [3.8, 4) is 0 Å². The van der Waals surface area contributed by atoms with Crippen molar-refractivity contribution in [2.24, 2.45) is 4.99 Å². The van der Waals surface area contributed by atoms with Gasteiger partial charge in [0.25, 0.3) is 0 Å². The number of guanidine groups is 1. The molecule has 0 unspecified atom stereocenters. The van der Waals surface area contributed by atoms with Gasteiger partial charge in [-0.2, -0.15) is 0 Å². The van der Waals surface area contributed by atoms with Gasteiger partial charge in [0.05, 0.1) is 0 Å². The fourth-order valence-corrected chi connectivity index (χ4v) is 2.01. The summed E-state index contributed by atoms with van der Waals surface area (Å²) in [6.45, 7) is 10.6. The van der Waals surface area contributed by atoms with Gasteiger partial charge in [-0.05, 0) is 47.1 Å². The lowest BCUT2D eigenvalue weighted by molar-refractivity contribution is 0.0560. The second-order valence-electron chi connectivity index (χ2n) is 8.48. The van der Waals surface area contributed by atoms with Crippen molar-refractivity contribution in [2.45, 2.75) is 59.4 Å². The minimum atomic E-state index is -0.888. The minimum Gasteiger partial charge on any atom is -0.445 e. The Balaban J connectivity index is 2.54. The number of hydrogen-bond acceptors (Lipinski definition) is 6. The van der Waals surface area contributed by atoms with Gasteiger partial charge in [0.2, 0.25) is 5.96 Å². The van der Waals surface area contributed by atoms with Crippen LogP contribution in [0.3, 0.4) is 0 Å². The molecule has 0 aliphatic carbocycles. The van der Waals surface area contributed by atoms with Gasteiger partial charge in [0.15, 0.2) is 0 Å². The van der Waals surface area contributed by atoms with E-state index in [9.17, 15) is 14.4 Å². The first kappa shape index (κ1) is 25.7. The van der Waals surface area contributed by atoms with E-state index in [0.29, 0.717) is 0 Å². The van der Waals surface area contributed by atoms with E-state index in [2.05, 4.69) is 20.9 Å². The van der Waals surface area contributed by atoms with Gasteiger partial charge in [0.1, 0.15) is 17.8 Å². The highest BCUT2D eigenvalue weighted by Gasteiger charge is 2.20. The molecule has 0 aliphatic heterocycles. The number of hydrogen-bond donors (Lipinski definition) is 3. The average molecular weight is 437 g/mol. The Labute approximate surface area is 182 Å². The smallest absolute Gasteiger partial charge is 0.437 e. The van der Waals surface area contributed by atoms with Gasteiger partial charge in [0, 0.05) is 13.1 Å². The van der Waals surface area contributed by atoms with Crippen LogP contribution in [0.1, 0.15) is 47.1 Å². The lowest BCUT2D eigenvalue weighted by atomic mass is 10.2. The van der Waals surface area contributed by atoms with Crippen molar-refractivity contribution in [3.05, 3.63) is 35.9 Å². The standard InChI is InChI=1S/C21H32N4O6/c1-20(2,3)30-18(27)24-16(25-19(28)31-21(4,5)6)22-12-13-23-17(26)29-14-15-10-8-7-9-11-15/h7-11H,12-14H2,1-6H3,(H,23,26)(H2,22,24,25,27,28). The fraction of sp³-hybridized carbons (Fsp3) is 0.524. The summed E-state index contributed by atoms with van der Waals surface area (Å²) in [6.07, 6.45) is -2.28. The molecule has 0 atom stereocenters. The quantitative estimate of drug-likeness (QED) is 0.280. The third kappa shape index (κ3) is 13.5. The summed E-state index contributed by atoms with van der Waals surface area (Å²) in [7, 11) is 0. The van der Waals surface area contributed by atoms with Crippen LogP contribution in [0.25, 0.3) is 0 Å². The van der Waals surface area contributed by atoms with Gasteiger partial charge >= 0.3 is 18.3 Å². The number of aliphatic imine (C=N–C) groups is 1. The second-order valence-corrected chi connectivity index (χ2v) is 8.48. The highest BCUT2D eigenvalue weighted by Crippen LogP contribution is 2.08. The minimum absolute atomic E-state index is 0.144. The first-order valence-electron chi connectivity index (χ1n) is 9.84. The molecule has 10 nitrogen and oxygen atoms in total. The summed E-state index contributed by atoms with van der Waals surface area (Å²) >= 11 is 0. The van der Waals surface area contributed by atoms with Crippen LogP contribution in [-0.2, 0) is 20.8 Å². The molecular formula is C21H32N4O6. The van der Waals surface area contributed by atoms with Crippen molar-refractivity contribution >= 4 is 24.2 Å². The van der Waals surface area contributed by atoms with Gasteiger partial charge < -0.3 is 24.8 Å². The number of benzene rings is 1. The Kier molecular flexibility index (Phi) is 9.78. The van der Waals surface area contributed by atoms with Crippen LogP contribution in [-0.4, -0.2) is 48.5 Å². The van der Waals surface area contributed by atoms with Crippen LogP contribution in [0, 0.1) is 0 Å². The zero-order chi connectivity index (χ0) is 23.5. The number of ether oxygens (including phenoxy) is 3. The molecule has 172 valence electrons. The number of nitrogens with one attached hydrogen (secondary N) is 3. The molecule has 1 aromatic rings. The lowest BCUT2D eigenvalue weighted by Crippen LogP contribution is -2.46. The molecule has 0 heterocycles. The Bertz CT molecular complexity index is 766. The van der Waals surface area contributed by atoms with Crippen LogP contribution in [0.5, 0.6) is 0 Å². The largest absolute Gasteiger partial charge is 0.445 e. The van der Waals surface area contributed by atoms with Crippen LogP contribution < -0.4 is 16.0 Å². The Morgan fingerprint density at radius 1 is 0.839 bits per heavy atom. The monoisotopic (exact) mass is 436 g/mol. The van der Waals surface area contributed by atoms with Gasteiger partial charge in [-0.25, -0.2) is 14.4 Å². The van der Waals surface area contributed by atoms with E-state index in [1.165, 1.54) is 0 Å². The van der Waals surface area contributed by atoms with Crippen molar-refractivity contribution in [1.82, 2.24) is 16.0 Å². The van der Waals surface area contributed by atoms with E-state index in [1.54, 1.807) is 41.5 Å². The van der Waals surface area contributed by atoms with Gasteiger partial charge in [-0.3, -0.25) is 5.32 Å². The van der Waals surface area contributed by atoms with Gasteiger partial charge in [-0.1, -0.05) is 30.3 Å². The first-order chi connectivity index (χ1) is 14.3. The van der Waals surface area contributed by atoms with Crippen molar-refractivity contribution in [1.29, 1.82) is 0 Å². The third-order valence-electron chi connectivity index (χ3n) is 3.12. The molecule has 0 aromatic heterocycles. The summed E-state index contributed by atoms with van der Waals surface area (Å²) in [5, 5.41) is 7.66. The second kappa shape index (κ2) is 11.8. The van der Waals surface area contributed by atoms with Crippen molar-refractivity contribution in [2.75, 3.05) is 13.1 Å². The number of carbonyl (C=O) groups is 3. The van der Waals surface area contributed by atoms with Crippen molar-refractivity contribution < 1.29 is 28.6 Å². The topological polar surface area (TPSA) is 127 Å². The van der Waals surface area contributed by atoms with E-state index in [0.717, 1.165) is 5.56 Å². The Morgan fingerprint density at radius 3 is 2.00 bits per heavy atom. The summed E-state index contributed by atoms with van der Waals surface area (Å²) < 4.78 is 15.4. The zero-order valence-corrected chi connectivity index (χ0v) is 18.9. The molecule has 3 amide bonds. The van der Waals surface area contributed by atoms with Crippen LogP contribution in [0.4, 0.5) is 14.4 Å². The molecular weight excluding hydrogens is 404 g/mol. The Hall–Kier alpha value is -3.30. The van der Waals surface area contributed by atoms with E-state index in [4.69, 9.17) is 14.2 Å². The lowest BCUT2D eigenvalue weighted by Gasteiger charge is -2.21. The number of amides is 3. The molecule has 0 aliphatic rings. The number of alkyl carbamates (subject to hydrolysis) is 2. The normalized spacial score (nSPS) is 11.9. The zero-order valence-electron chi connectivity index (χ0n) is 18.9. The fourth-order valence-electron chi connectivity index (χ4n) is 2.01. The summed E-state index contributed by atoms with van der Waals surface area (Å²) in [5.41, 5.74) is -0.614. The average Bonchev–Trinajstić information content (AvgIpc) is 2.61. The van der Waals surface area contributed by atoms with Gasteiger partial charge in [-0.15, -0.1) is 4.99 Å². The van der Waals surface area contributed by atoms with Crippen LogP contribution >= 0.6 is 0 Å². The summed E-state index contributed by atoms with van der Waals surface area (Å²) in [4.78, 5) is 39.5. The molecule has 0 saturated carbocycles. The maximum absolute atomic E-state index is 12.0. The molecule has 10 heteroatoms. The van der Waals surface area contributed by atoms with E-state index in [-0.39, 0.29) is 25.7 Å². The third-order valence-corrected chi connectivity index (χ3v) is 3.12. The van der Waals surface area contributed by atoms with E-state index >= 15 is 0 Å². The highest BCUT2D eigenvalue weighted by molar-refractivity contribution is 5.98. The SMILES string of the molecule is CC(C)(C)OC(=O)/N=C(/NCCNC(=O)OCc1ccccc1)NC(=O)OC(C)(C)C. The first-order valence-corrected chi connectivity index (χ1v) is 9.84. The Morgan fingerprint density at radius 2 is 1.42 bits per heavy atom. The molecule has 0 fully saturated rings. The highest BCUT2D eigenvalue weighted by atomic mass is 16.6. The van der Waals surface area contributed by atoms with Crippen LogP contribution in [0.2, 0.25) is 0 Å². The number of carbonyl (C=O) groups excluding carboxylic acids is 3. The summed E-state index contributed by atoms with van der Waals surface area (Å²) in [6, 6.07) is 9.26.